The van der Waals surface area contributed by atoms with E-state index in [4.69, 9.17) is 9.26 Å². The zero-order chi connectivity index (χ0) is 21.5. The van der Waals surface area contributed by atoms with E-state index in [0.29, 0.717) is 17.5 Å². The van der Waals surface area contributed by atoms with Gasteiger partial charge in [0, 0.05) is 17.3 Å². The topological polar surface area (TPSA) is 77.2 Å². The number of hydrogen-bond donors (Lipinski definition) is 1. The minimum Gasteiger partial charge on any atom is -0.484 e. The summed E-state index contributed by atoms with van der Waals surface area (Å²) in [4.78, 5) is 16.6. The minimum atomic E-state index is -0.233. The predicted molar refractivity (Wildman–Crippen MR) is 120 cm³/mol. The summed E-state index contributed by atoms with van der Waals surface area (Å²) in [7, 11) is 0. The second kappa shape index (κ2) is 9.54. The van der Waals surface area contributed by atoms with Crippen LogP contribution in [0.5, 0.6) is 5.75 Å². The maximum atomic E-state index is 12.2. The molecule has 4 rings (SSSR count). The molecule has 0 saturated carbocycles. The largest absolute Gasteiger partial charge is 0.484 e. The molecule has 3 aromatic carbocycles. The van der Waals surface area contributed by atoms with Gasteiger partial charge < -0.3 is 14.6 Å². The zero-order valence-corrected chi connectivity index (χ0v) is 17.0. The van der Waals surface area contributed by atoms with Gasteiger partial charge >= 0.3 is 0 Å². The van der Waals surface area contributed by atoms with Crippen molar-refractivity contribution in [1.82, 2.24) is 10.1 Å². The summed E-state index contributed by atoms with van der Waals surface area (Å²) in [5, 5.41) is 6.85. The number of aryl methyl sites for hydroxylation is 1. The monoisotopic (exact) mass is 411 g/mol. The number of carbonyl (C=O) groups is 1. The fourth-order valence-electron chi connectivity index (χ4n) is 2.95. The fourth-order valence-corrected chi connectivity index (χ4v) is 2.95. The number of ether oxygens (including phenoxy) is 1. The minimum absolute atomic E-state index is 0.102. The van der Waals surface area contributed by atoms with Gasteiger partial charge in [-0.2, -0.15) is 4.98 Å². The van der Waals surface area contributed by atoms with Gasteiger partial charge in [-0.1, -0.05) is 59.8 Å². The molecule has 1 N–H and O–H groups in total. The fraction of sp³-hybridized carbons (Fsp3) is 0.0800. The Morgan fingerprint density at radius 3 is 2.68 bits per heavy atom. The quantitative estimate of drug-likeness (QED) is 0.450. The predicted octanol–water partition coefficient (Wildman–Crippen LogP) is 5.23. The second-order valence-corrected chi connectivity index (χ2v) is 6.93. The first-order valence-corrected chi connectivity index (χ1v) is 9.82. The lowest BCUT2D eigenvalue weighted by molar-refractivity contribution is -0.118. The van der Waals surface area contributed by atoms with Crippen LogP contribution in [-0.4, -0.2) is 22.7 Å². The average molecular weight is 411 g/mol. The van der Waals surface area contributed by atoms with Crippen LogP contribution < -0.4 is 10.1 Å². The van der Waals surface area contributed by atoms with Crippen molar-refractivity contribution in [2.24, 2.45) is 0 Å². The second-order valence-electron chi connectivity index (χ2n) is 6.93. The van der Waals surface area contributed by atoms with Gasteiger partial charge in [-0.05, 0) is 48.4 Å². The summed E-state index contributed by atoms with van der Waals surface area (Å²) >= 11 is 0. The molecule has 0 aliphatic rings. The number of amides is 1. The van der Waals surface area contributed by atoms with Crippen molar-refractivity contribution in [3.05, 3.63) is 95.9 Å². The van der Waals surface area contributed by atoms with Crippen molar-refractivity contribution >= 4 is 23.7 Å². The van der Waals surface area contributed by atoms with Crippen LogP contribution in [-0.2, 0) is 4.79 Å². The number of anilines is 1. The molecule has 0 radical (unpaired) electrons. The zero-order valence-electron chi connectivity index (χ0n) is 17.0. The lowest BCUT2D eigenvalue weighted by atomic mass is 10.2. The van der Waals surface area contributed by atoms with Crippen molar-refractivity contribution in [3.8, 4) is 17.1 Å². The van der Waals surface area contributed by atoms with E-state index in [1.165, 1.54) is 0 Å². The van der Waals surface area contributed by atoms with Crippen molar-refractivity contribution in [3.63, 3.8) is 0 Å². The molecule has 4 aromatic rings. The smallest absolute Gasteiger partial charge is 0.262 e. The molecule has 1 heterocycles. The summed E-state index contributed by atoms with van der Waals surface area (Å²) in [5.41, 5.74) is 3.59. The van der Waals surface area contributed by atoms with Gasteiger partial charge in [0.25, 0.3) is 11.8 Å². The molecule has 31 heavy (non-hydrogen) atoms. The van der Waals surface area contributed by atoms with Crippen LogP contribution in [0.4, 0.5) is 5.69 Å². The molecular weight excluding hydrogens is 390 g/mol. The molecule has 1 aromatic heterocycles. The van der Waals surface area contributed by atoms with Gasteiger partial charge in [-0.15, -0.1) is 0 Å². The summed E-state index contributed by atoms with van der Waals surface area (Å²) in [6, 6.07) is 24.7. The van der Waals surface area contributed by atoms with E-state index in [1.54, 1.807) is 18.2 Å². The Balaban J connectivity index is 1.37. The van der Waals surface area contributed by atoms with Gasteiger partial charge in [0.2, 0.25) is 5.82 Å². The molecule has 1 amide bonds. The number of hydrogen-bond acceptors (Lipinski definition) is 5. The van der Waals surface area contributed by atoms with Gasteiger partial charge in [-0.25, -0.2) is 0 Å². The maximum absolute atomic E-state index is 12.2. The summed E-state index contributed by atoms with van der Waals surface area (Å²) in [5.74, 6) is 1.16. The highest BCUT2D eigenvalue weighted by atomic mass is 16.5. The van der Waals surface area contributed by atoms with Crippen LogP contribution in [0, 0.1) is 6.92 Å². The van der Waals surface area contributed by atoms with Crippen LogP contribution >= 0.6 is 0 Å². The third-order valence-electron chi connectivity index (χ3n) is 4.42. The number of benzene rings is 3. The molecule has 6 heteroatoms. The lowest BCUT2D eigenvalue weighted by Crippen LogP contribution is -2.20. The third-order valence-corrected chi connectivity index (χ3v) is 4.42. The number of nitrogens with one attached hydrogen (secondary N) is 1. The Bertz CT molecular complexity index is 1200. The van der Waals surface area contributed by atoms with E-state index in [-0.39, 0.29) is 12.5 Å². The Morgan fingerprint density at radius 2 is 1.84 bits per heavy atom. The molecule has 0 spiro atoms. The molecule has 6 nitrogen and oxygen atoms in total. The molecule has 0 aliphatic heterocycles. The normalized spacial score (nSPS) is 10.9. The van der Waals surface area contributed by atoms with E-state index in [9.17, 15) is 4.79 Å². The molecule has 0 saturated heterocycles. The van der Waals surface area contributed by atoms with Crippen molar-refractivity contribution < 1.29 is 14.1 Å². The molecular formula is C25H21N3O3. The number of rotatable bonds is 7. The SMILES string of the molecule is Cc1cccc(NC(=O)COc2cccc(-c3noc(/C=C/c4ccccc4)n3)c2)c1. The molecule has 0 atom stereocenters. The third kappa shape index (κ3) is 5.67. The molecule has 0 unspecified atom stereocenters. The number of carbonyl (C=O) groups excluding carboxylic acids is 1. The van der Waals surface area contributed by atoms with Crippen LogP contribution in [0.15, 0.2) is 83.4 Å². The Kier molecular flexibility index (Phi) is 6.18. The molecule has 0 bridgehead atoms. The van der Waals surface area contributed by atoms with E-state index in [0.717, 1.165) is 22.4 Å². The van der Waals surface area contributed by atoms with Gasteiger partial charge in [-0.3, -0.25) is 4.79 Å². The highest BCUT2D eigenvalue weighted by Gasteiger charge is 2.09. The molecule has 154 valence electrons. The van der Waals surface area contributed by atoms with E-state index in [2.05, 4.69) is 15.5 Å². The van der Waals surface area contributed by atoms with E-state index < -0.39 is 0 Å². The van der Waals surface area contributed by atoms with E-state index >= 15 is 0 Å². The average Bonchev–Trinajstić information content (AvgIpc) is 3.26. The maximum Gasteiger partial charge on any atom is 0.262 e. The number of nitrogens with zero attached hydrogens (tertiary/aromatic N) is 2. The first-order chi connectivity index (χ1) is 15.2. The van der Waals surface area contributed by atoms with Crippen LogP contribution in [0.1, 0.15) is 17.0 Å². The summed E-state index contributed by atoms with van der Waals surface area (Å²) in [6.45, 7) is 1.87. The van der Waals surface area contributed by atoms with Crippen molar-refractivity contribution in [2.45, 2.75) is 6.92 Å². The first kappa shape index (κ1) is 20.1. The standard InChI is InChI=1S/C25H21N3O3/c1-18-7-5-11-21(15-18)26-23(29)17-30-22-12-6-10-20(16-22)25-27-24(31-28-25)14-13-19-8-3-2-4-9-19/h2-16H,17H2,1H3,(H,26,29)/b14-13+. The highest BCUT2D eigenvalue weighted by Crippen LogP contribution is 2.22. The van der Waals surface area contributed by atoms with Gasteiger partial charge in [0.1, 0.15) is 5.75 Å². The van der Waals surface area contributed by atoms with Crippen LogP contribution in [0.2, 0.25) is 0 Å². The van der Waals surface area contributed by atoms with Crippen LogP contribution in [0.25, 0.3) is 23.5 Å². The Morgan fingerprint density at radius 1 is 1.00 bits per heavy atom. The number of aromatic nitrogens is 2. The molecule has 0 fully saturated rings. The summed E-state index contributed by atoms with van der Waals surface area (Å²) < 4.78 is 10.9. The highest BCUT2D eigenvalue weighted by molar-refractivity contribution is 5.91. The Hall–Kier alpha value is -4.19. The van der Waals surface area contributed by atoms with Crippen molar-refractivity contribution in [1.29, 1.82) is 0 Å². The van der Waals surface area contributed by atoms with E-state index in [1.807, 2.05) is 79.7 Å². The lowest BCUT2D eigenvalue weighted by Gasteiger charge is -2.08. The Labute approximate surface area is 180 Å². The van der Waals surface area contributed by atoms with Crippen molar-refractivity contribution in [2.75, 3.05) is 11.9 Å². The van der Waals surface area contributed by atoms with Gasteiger partial charge in [0.05, 0.1) is 0 Å². The molecule has 0 aliphatic carbocycles. The van der Waals surface area contributed by atoms with Crippen LogP contribution in [0.3, 0.4) is 0 Å². The first-order valence-electron chi connectivity index (χ1n) is 9.82. The van der Waals surface area contributed by atoms with Gasteiger partial charge in [0.15, 0.2) is 6.61 Å². The summed E-state index contributed by atoms with van der Waals surface area (Å²) in [6.07, 6.45) is 3.67.